The molecule has 1 atom stereocenters. The Bertz CT molecular complexity index is 396. The van der Waals surface area contributed by atoms with E-state index in [1.165, 1.54) is 0 Å². The van der Waals surface area contributed by atoms with Crippen molar-refractivity contribution >= 4 is 5.91 Å². The maximum Gasteiger partial charge on any atom is 0.237 e. The Morgan fingerprint density at radius 2 is 2.12 bits per heavy atom. The van der Waals surface area contributed by atoms with Crippen LogP contribution in [0.4, 0.5) is 0 Å². The number of pyridine rings is 1. The molecule has 1 rings (SSSR count). The first-order chi connectivity index (χ1) is 7.80. The third-order valence-electron chi connectivity index (χ3n) is 2.61. The van der Waals surface area contributed by atoms with E-state index in [9.17, 15) is 4.79 Å². The lowest BCUT2D eigenvalue weighted by Gasteiger charge is -2.25. The molecule has 17 heavy (non-hydrogen) atoms. The zero-order valence-electron chi connectivity index (χ0n) is 10.9. The molecular formula is C13H21N3O. The van der Waals surface area contributed by atoms with Gasteiger partial charge in [-0.2, -0.15) is 0 Å². The third kappa shape index (κ3) is 4.15. The van der Waals surface area contributed by atoms with Gasteiger partial charge < -0.3 is 11.1 Å². The molecule has 1 aromatic heterocycles. The first kappa shape index (κ1) is 13.6. The molecule has 0 bridgehead atoms. The average Bonchev–Trinajstić information content (AvgIpc) is 2.23. The number of amides is 1. The maximum atomic E-state index is 11.8. The minimum atomic E-state index is -0.507. The molecule has 1 heterocycles. The molecule has 0 radical (unpaired) electrons. The standard InChI is InChI=1S/C13H21N3O/c1-9-6-5-7-10(16-9)8-15-12(17)11(14)13(2,3)4/h5-7,11H,8,14H2,1-4H3,(H,15,17)/t11-/m1/s1. The van der Waals surface area contributed by atoms with Crippen molar-refractivity contribution in [2.24, 2.45) is 11.1 Å². The molecule has 0 saturated heterocycles. The summed E-state index contributed by atoms with van der Waals surface area (Å²) in [4.78, 5) is 16.1. The fourth-order valence-electron chi connectivity index (χ4n) is 1.38. The Kier molecular flexibility index (Phi) is 4.23. The van der Waals surface area contributed by atoms with Gasteiger partial charge in [-0.3, -0.25) is 9.78 Å². The second kappa shape index (κ2) is 5.27. The number of aryl methyl sites for hydroxylation is 1. The van der Waals surface area contributed by atoms with Crippen molar-refractivity contribution in [2.45, 2.75) is 40.3 Å². The molecule has 0 fully saturated rings. The van der Waals surface area contributed by atoms with Crippen LogP contribution in [0.5, 0.6) is 0 Å². The first-order valence-corrected chi connectivity index (χ1v) is 5.76. The molecule has 1 aromatic rings. The molecule has 0 spiro atoms. The topological polar surface area (TPSA) is 68.0 Å². The highest BCUT2D eigenvalue weighted by atomic mass is 16.2. The lowest BCUT2D eigenvalue weighted by Crippen LogP contribution is -2.48. The van der Waals surface area contributed by atoms with Crippen molar-refractivity contribution in [3.8, 4) is 0 Å². The van der Waals surface area contributed by atoms with Crippen molar-refractivity contribution in [3.05, 3.63) is 29.6 Å². The summed E-state index contributed by atoms with van der Waals surface area (Å²) in [6, 6.07) is 5.22. The molecule has 0 aliphatic carbocycles. The average molecular weight is 235 g/mol. The summed E-state index contributed by atoms with van der Waals surface area (Å²) in [5.41, 5.74) is 7.41. The van der Waals surface area contributed by atoms with Gasteiger partial charge in [0.25, 0.3) is 0 Å². The molecule has 1 amide bonds. The van der Waals surface area contributed by atoms with Crippen molar-refractivity contribution in [3.63, 3.8) is 0 Å². The van der Waals surface area contributed by atoms with Gasteiger partial charge in [0, 0.05) is 5.69 Å². The second-order valence-corrected chi connectivity index (χ2v) is 5.33. The minimum absolute atomic E-state index is 0.138. The van der Waals surface area contributed by atoms with E-state index >= 15 is 0 Å². The number of nitrogens with zero attached hydrogens (tertiary/aromatic N) is 1. The Hall–Kier alpha value is -1.42. The van der Waals surface area contributed by atoms with Crippen molar-refractivity contribution in [1.82, 2.24) is 10.3 Å². The highest BCUT2D eigenvalue weighted by Gasteiger charge is 2.27. The van der Waals surface area contributed by atoms with Crippen LogP contribution in [0.1, 0.15) is 32.2 Å². The summed E-state index contributed by atoms with van der Waals surface area (Å²) < 4.78 is 0. The molecule has 3 N–H and O–H groups in total. The van der Waals surface area contributed by atoms with Crippen LogP contribution in [0.15, 0.2) is 18.2 Å². The molecule has 0 saturated carbocycles. The summed E-state index contributed by atoms with van der Waals surface area (Å²) in [5, 5.41) is 2.81. The highest BCUT2D eigenvalue weighted by molar-refractivity contribution is 5.82. The van der Waals surface area contributed by atoms with Crippen LogP contribution in [-0.2, 0) is 11.3 Å². The van der Waals surface area contributed by atoms with Gasteiger partial charge in [-0.15, -0.1) is 0 Å². The van der Waals surface area contributed by atoms with Gasteiger partial charge in [-0.1, -0.05) is 26.8 Å². The fourth-order valence-corrected chi connectivity index (χ4v) is 1.38. The fraction of sp³-hybridized carbons (Fsp3) is 0.538. The number of nitrogens with two attached hydrogens (primary N) is 1. The summed E-state index contributed by atoms with van der Waals surface area (Å²) in [7, 11) is 0. The number of carbonyl (C=O) groups excluding carboxylic acids is 1. The van der Waals surface area contributed by atoms with Gasteiger partial charge in [0.2, 0.25) is 5.91 Å². The van der Waals surface area contributed by atoms with Crippen molar-refractivity contribution in [2.75, 3.05) is 0 Å². The number of hydrogen-bond acceptors (Lipinski definition) is 3. The van der Waals surface area contributed by atoms with Gasteiger partial charge in [0.1, 0.15) is 0 Å². The summed E-state index contributed by atoms with van der Waals surface area (Å²) in [5.74, 6) is -0.138. The van der Waals surface area contributed by atoms with E-state index in [-0.39, 0.29) is 11.3 Å². The predicted octanol–water partition coefficient (Wildman–Crippen LogP) is 1.38. The Morgan fingerprint density at radius 3 is 2.65 bits per heavy atom. The van der Waals surface area contributed by atoms with E-state index in [2.05, 4.69) is 10.3 Å². The third-order valence-corrected chi connectivity index (χ3v) is 2.61. The van der Waals surface area contributed by atoms with E-state index < -0.39 is 6.04 Å². The molecule has 4 nitrogen and oxygen atoms in total. The van der Waals surface area contributed by atoms with E-state index in [1.807, 2.05) is 45.9 Å². The van der Waals surface area contributed by atoms with Crippen molar-refractivity contribution < 1.29 is 4.79 Å². The minimum Gasteiger partial charge on any atom is -0.349 e. The molecule has 4 heteroatoms. The molecule has 0 aromatic carbocycles. The normalized spacial score (nSPS) is 13.2. The molecule has 0 unspecified atom stereocenters. The Morgan fingerprint density at radius 1 is 1.47 bits per heavy atom. The quantitative estimate of drug-likeness (QED) is 0.831. The highest BCUT2D eigenvalue weighted by Crippen LogP contribution is 2.17. The van der Waals surface area contributed by atoms with Gasteiger partial charge in [0.15, 0.2) is 0 Å². The van der Waals surface area contributed by atoms with E-state index in [1.54, 1.807) is 0 Å². The van der Waals surface area contributed by atoms with Crippen LogP contribution in [0.3, 0.4) is 0 Å². The summed E-state index contributed by atoms with van der Waals surface area (Å²) in [6.45, 7) is 8.18. The van der Waals surface area contributed by atoms with Gasteiger partial charge in [0.05, 0.1) is 18.3 Å². The Labute approximate surface area is 103 Å². The van der Waals surface area contributed by atoms with Crippen LogP contribution in [0.2, 0.25) is 0 Å². The van der Waals surface area contributed by atoms with Crippen LogP contribution in [-0.4, -0.2) is 16.9 Å². The van der Waals surface area contributed by atoms with E-state index in [4.69, 9.17) is 5.73 Å². The monoisotopic (exact) mass is 235 g/mol. The molecule has 94 valence electrons. The number of aromatic nitrogens is 1. The zero-order valence-corrected chi connectivity index (χ0v) is 10.9. The second-order valence-electron chi connectivity index (χ2n) is 5.33. The van der Waals surface area contributed by atoms with Gasteiger partial charge in [-0.25, -0.2) is 0 Å². The van der Waals surface area contributed by atoms with Gasteiger partial charge in [-0.05, 0) is 24.5 Å². The van der Waals surface area contributed by atoms with Crippen LogP contribution in [0, 0.1) is 12.3 Å². The lowest BCUT2D eigenvalue weighted by molar-refractivity contribution is -0.124. The molecule has 0 aliphatic rings. The van der Waals surface area contributed by atoms with Crippen LogP contribution < -0.4 is 11.1 Å². The largest absolute Gasteiger partial charge is 0.349 e. The number of hydrogen-bond donors (Lipinski definition) is 2. The van der Waals surface area contributed by atoms with E-state index in [0.717, 1.165) is 11.4 Å². The van der Waals surface area contributed by atoms with Crippen LogP contribution in [0.25, 0.3) is 0 Å². The zero-order chi connectivity index (χ0) is 13.1. The first-order valence-electron chi connectivity index (χ1n) is 5.76. The molecular weight excluding hydrogens is 214 g/mol. The van der Waals surface area contributed by atoms with Crippen molar-refractivity contribution in [1.29, 1.82) is 0 Å². The van der Waals surface area contributed by atoms with Crippen LogP contribution >= 0.6 is 0 Å². The smallest absolute Gasteiger partial charge is 0.237 e. The lowest BCUT2D eigenvalue weighted by atomic mass is 9.87. The summed E-state index contributed by atoms with van der Waals surface area (Å²) in [6.07, 6.45) is 0. The molecule has 0 aliphatic heterocycles. The number of nitrogens with one attached hydrogen (secondary N) is 1. The predicted molar refractivity (Wildman–Crippen MR) is 68.3 cm³/mol. The number of rotatable bonds is 3. The Balaban J connectivity index is 2.54. The SMILES string of the molecule is Cc1cccc(CNC(=O)[C@@H](N)C(C)(C)C)n1. The summed E-state index contributed by atoms with van der Waals surface area (Å²) >= 11 is 0. The van der Waals surface area contributed by atoms with Gasteiger partial charge >= 0.3 is 0 Å². The van der Waals surface area contributed by atoms with E-state index in [0.29, 0.717) is 6.54 Å². The number of carbonyl (C=O) groups is 1. The maximum absolute atomic E-state index is 11.8.